The fraction of sp³-hybridized carbons (Fsp3) is 0.933. The van der Waals surface area contributed by atoms with Crippen molar-refractivity contribution in [2.24, 2.45) is 0 Å². The third-order valence-electron chi connectivity index (χ3n) is 4.02. The van der Waals surface area contributed by atoms with Gasteiger partial charge in [0.05, 0.1) is 12.1 Å². The van der Waals surface area contributed by atoms with Crippen molar-refractivity contribution in [2.45, 2.75) is 51.6 Å². The number of hydrogen-bond acceptors (Lipinski definition) is 4. The highest BCUT2D eigenvalue weighted by atomic mass is 15.2. The van der Waals surface area contributed by atoms with Crippen molar-refractivity contribution in [3.8, 4) is 6.07 Å². The molecule has 4 nitrogen and oxygen atoms in total. The summed E-state index contributed by atoms with van der Waals surface area (Å²) in [5.41, 5.74) is 0. The number of nitrogens with zero attached hydrogens (tertiary/aromatic N) is 3. The number of rotatable bonds is 9. The first-order valence-electron chi connectivity index (χ1n) is 7.76. The van der Waals surface area contributed by atoms with Gasteiger partial charge in [-0.25, -0.2) is 0 Å². The summed E-state index contributed by atoms with van der Waals surface area (Å²) in [6.45, 7) is 9.88. The SMILES string of the molecule is CCCNC(C#N)CCN(C)CC1CCCN1CC. The second-order valence-electron chi connectivity index (χ2n) is 5.61. The molecule has 1 fully saturated rings. The van der Waals surface area contributed by atoms with E-state index in [1.807, 2.05) is 0 Å². The maximum atomic E-state index is 9.09. The molecule has 0 amide bonds. The molecular formula is C15H30N4. The molecule has 1 N–H and O–H groups in total. The van der Waals surface area contributed by atoms with Gasteiger partial charge in [0.15, 0.2) is 0 Å². The fourth-order valence-corrected chi connectivity index (χ4v) is 2.85. The highest BCUT2D eigenvalue weighted by Gasteiger charge is 2.23. The lowest BCUT2D eigenvalue weighted by molar-refractivity contribution is 0.196. The Bertz CT molecular complexity index is 274. The summed E-state index contributed by atoms with van der Waals surface area (Å²) in [4.78, 5) is 4.96. The van der Waals surface area contributed by atoms with Crippen LogP contribution in [0.4, 0.5) is 0 Å². The molecule has 4 heteroatoms. The van der Waals surface area contributed by atoms with Crippen molar-refractivity contribution < 1.29 is 0 Å². The van der Waals surface area contributed by atoms with Gasteiger partial charge in [0.25, 0.3) is 0 Å². The summed E-state index contributed by atoms with van der Waals surface area (Å²) in [5, 5.41) is 12.4. The number of likely N-dealkylation sites (tertiary alicyclic amines) is 1. The molecule has 1 heterocycles. The first-order chi connectivity index (χ1) is 9.21. The zero-order valence-corrected chi connectivity index (χ0v) is 12.9. The highest BCUT2D eigenvalue weighted by molar-refractivity contribution is 4.90. The number of likely N-dealkylation sites (N-methyl/N-ethyl adjacent to an activating group) is 2. The third-order valence-corrected chi connectivity index (χ3v) is 4.02. The normalized spacial score (nSPS) is 21.7. The Labute approximate surface area is 118 Å². The lowest BCUT2D eigenvalue weighted by atomic mass is 10.2. The van der Waals surface area contributed by atoms with E-state index in [2.05, 4.69) is 42.1 Å². The Morgan fingerprint density at radius 2 is 2.26 bits per heavy atom. The molecule has 2 unspecified atom stereocenters. The fourth-order valence-electron chi connectivity index (χ4n) is 2.85. The molecule has 0 spiro atoms. The van der Waals surface area contributed by atoms with Crippen LogP contribution in [0.3, 0.4) is 0 Å². The van der Waals surface area contributed by atoms with Gasteiger partial charge >= 0.3 is 0 Å². The predicted molar refractivity (Wildman–Crippen MR) is 80.1 cm³/mol. The summed E-state index contributed by atoms with van der Waals surface area (Å²) < 4.78 is 0. The lowest BCUT2D eigenvalue weighted by Crippen LogP contribution is -2.40. The first-order valence-corrected chi connectivity index (χ1v) is 7.76. The molecule has 0 aromatic heterocycles. The molecule has 0 aromatic rings. The molecule has 1 rings (SSSR count). The van der Waals surface area contributed by atoms with Gasteiger partial charge in [-0.2, -0.15) is 5.26 Å². The number of nitriles is 1. The van der Waals surface area contributed by atoms with Gasteiger partial charge in [-0.1, -0.05) is 13.8 Å². The molecule has 1 saturated heterocycles. The number of hydrogen-bond donors (Lipinski definition) is 1. The Morgan fingerprint density at radius 1 is 1.47 bits per heavy atom. The third kappa shape index (κ3) is 5.90. The summed E-state index contributed by atoms with van der Waals surface area (Å²) in [6, 6.07) is 3.09. The molecule has 0 aromatic carbocycles. The topological polar surface area (TPSA) is 42.3 Å². The first kappa shape index (κ1) is 16.4. The Hall–Kier alpha value is -0.630. The monoisotopic (exact) mass is 266 g/mol. The van der Waals surface area contributed by atoms with Crippen molar-refractivity contribution in [3.05, 3.63) is 0 Å². The van der Waals surface area contributed by atoms with Crippen LogP contribution >= 0.6 is 0 Å². The van der Waals surface area contributed by atoms with E-state index in [1.165, 1.54) is 19.4 Å². The van der Waals surface area contributed by atoms with E-state index in [1.54, 1.807) is 0 Å². The summed E-state index contributed by atoms with van der Waals surface area (Å²) in [5.74, 6) is 0. The molecule has 0 radical (unpaired) electrons. The molecule has 1 aliphatic heterocycles. The standard InChI is InChI=1S/C15H30N4/c1-4-9-17-14(12-16)8-11-18(3)13-15-7-6-10-19(15)5-2/h14-15,17H,4-11,13H2,1-3H3. The average Bonchev–Trinajstić information content (AvgIpc) is 2.86. The molecule has 1 aliphatic rings. The molecule has 19 heavy (non-hydrogen) atoms. The summed E-state index contributed by atoms with van der Waals surface area (Å²) >= 11 is 0. The molecule has 2 atom stereocenters. The minimum Gasteiger partial charge on any atom is -0.305 e. The zero-order chi connectivity index (χ0) is 14.1. The van der Waals surface area contributed by atoms with E-state index in [9.17, 15) is 0 Å². The molecule has 0 saturated carbocycles. The van der Waals surface area contributed by atoms with E-state index < -0.39 is 0 Å². The van der Waals surface area contributed by atoms with Gasteiger partial charge in [-0.15, -0.1) is 0 Å². The minimum atomic E-state index is 0.00764. The van der Waals surface area contributed by atoms with E-state index in [-0.39, 0.29) is 6.04 Å². The van der Waals surface area contributed by atoms with Crippen molar-refractivity contribution in [1.82, 2.24) is 15.1 Å². The van der Waals surface area contributed by atoms with Crippen LogP contribution in [0.5, 0.6) is 0 Å². The quantitative estimate of drug-likeness (QED) is 0.689. The minimum absolute atomic E-state index is 0.00764. The largest absolute Gasteiger partial charge is 0.305 e. The van der Waals surface area contributed by atoms with Crippen molar-refractivity contribution in [3.63, 3.8) is 0 Å². The zero-order valence-electron chi connectivity index (χ0n) is 12.9. The van der Waals surface area contributed by atoms with Crippen LogP contribution in [0, 0.1) is 11.3 Å². The van der Waals surface area contributed by atoms with Crippen molar-refractivity contribution in [2.75, 3.05) is 39.8 Å². The van der Waals surface area contributed by atoms with Crippen LogP contribution in [-0.2, 0) is 0 Å². The maximum absolute atomic E-state index is 9.09. The van der Waals surface area contributed by atoms with Crippen molar-refractivity contribution in [1.29, 1.82) is 5.26 Å². The van der Waals surface area contributed by atoms with Crippen LogP contribution in [-0.4, -0.2) is 61.7 Å². The predicted octanol–water partition coefficient (Wildman–Crippen LogP) is 1.68. The second-order valence-corrected chi connectivity index (χ2v) is 5.61. The van der Waals surface area contributed by atoms with Gasteiger partial charge in [-0.05, 0) is 52.4 Å². The van der Waals surface area contributed by atoms with E-state index in [0.717, 1.165) is 45.1 Å². The van der Waals surface area contributed by atoms with Crippen molar-refractivity contribution >= 4 is 0 Å². The van der Waals surface area contributed by atoms with Crippen LogP contribution in [0.2, 0.25) is 0 Å². The van der Waals surface area contributed by atoms with Gasteiger partial charge in [-0.3, -0.25) is 4.90 Å². The Balaban J connectivity index is 2.23. The molecular weight excluding hydrogens is 236 g/mol. The molecule has 110 valence electrons. The molecule has 0 bridgehead atoms. The van der Waals surface area contributed by atoms with Gasteiger partial charge in [0.1, 0.15) is 0 Å². The van der Waals surface area contributed by atoms with Crippen LogP contribution in [0.1, 0.15) is 39.5 Å². The van der Waals surface area contributed by atoms with Gasteiger partial charge in [0.2, 0.25) is 0 Å². The summed E-state index contributed by atoms with van der Waals surface area (Å²) in [7, 11) is 2.18. The van der Waals surface area contributed by atoms with Gasteiger partial charge in [0, 0.05) is 19.1 Å². The van der Waals surface area contributed by atoms with Crippen LogP contribution in [0.15, 0.2) is 0 Å². The van der Waals surface area contributed by atoms with Crippen LogP contribution in [0.25, 0.3) is 0 Å². The second kappa shape index (κ2) is 9.30. The lowest BCUT2D eigenvalue weighted by Gasteiger charge is -2.28. The molecule has 0 aliphatic carbocycles. The van der Waals surface area contributed by atoms with E-state index in [0.29, 0.717) is 0 Å². The Morgan fingerprint density at radius 3 is 2.89 bits per heavy atom. The number of nitrogens with one attached hydrogen (secondary N) is 1. The van der Waals surface area contributed by atoms with Gasteiger partial charge < -0.3 is 10.2 Å². The van der Waals surface area contributed by atoms with E-state index in [4.69, 9.17) is 5.26 Å². The summed E-state index contributed by atoms with van der Waals surface area (Å²) in [6.07, 6.45) is 4.67. The average molecular weight is 266 g/mol. The maximum Gasteiger partial charge on any atom is 0.0965 e. The highest BCUT2D eigenvalue weighted by Crippen LogP contribution is 2.17. The smallest absolute Gasteiger partial charge is 0.0965 e. The Kier molecular flexibility index (Phi) is 8.04. The van der Waals surface area contributed by atoms with Crippen LogP contribution < -0.4 is 5.32 Å². The van der Waals surface area contributed by atoms with E-state index >= 15 is 0 Å².